The molecule has 1 aliphatic rings. The smallest absolute Gasteiger partial charge is 0.382 e. The quantitative estimate of drug-likeness (QED) is 0.679. The van der Waals surface area contributed by atoms with Crippen molar-refractivity contribution < 1.29 is 23.1 Å². The van der Waals surface area contributed by atoms with Crippen LogP contribution in [0.5, 0.6) is 0 Å². The summed E-state index contributed by atoms with van der Waals surface area (Å²) in [5, 5.41) is 11.2. The zero-order valence-electron chi connectivity index (χ0n) is 9.46. The predicted octanol–water partition coefficient (Wildman–Crippen LogP) is 0.512. The van der Waals surface area contributed by atoms with Crippen LogP contribution >= 0.6 is 0 Å². The first kappa shape index (κ1) is 14.2. The lowest BCUT2D eigenvalue weighted by atomic mass is 10.3. The predicted molar refractivity (Wildman–Crippen MR) is 55.4 cm³/mol. The van der Waals surface area contributed by atoms with Crippen LogP contribution in [0.1, 0.15) is 19.3 Å². The Morgan fingerprint density at radius 3 is 2.71 bits per heavy atom. The summed E-state index contributed by atoms with van der Waals surface area (Å²) in [6, 6.07) is 0. The summed E-state index contributed by atoms with van der Waals surface area (Å²) < 4.78 is 35.7. The van der Waals surface area contributed by atoms with Crippen molar-refractivity contribution in [3.05, 3.63) is 0 Å². The van der Waals surface area contributed by atoms with Crippen molar-refractivity contribution in [2.75, 3.05) is 26.2 Å². The summed E-state index contributed by atoms with van der Waals surface area (Å²) in [4.78, 5) is 12.9. The van der Waals surface area contributed by atoms with Crippen molar-refractivity contribution in [1.29, 1.82) is 0 Å². The average molecular weight is 254 g/mol. The van der Waals surface area contributed by atoms with Gasteiger partial charge in [0.05, 0.1) is 0 Å². The van der Waals surface area contributed by atoms with Gasteiger partial charge in [0, 0.05) is 26.1 Å². The van der Waals surface area contributed by atoms with Crippen LogP contribution in [0.2, 0.25) is 0 Å². The standard InChI is InChI=1S/C10H17F3N2O2/c11-10(12,13)8(16)7-14-4-2-6-15-5-1-3-9(15)17/h8,14,16H,1-7H2. The molecule has 1 rings (SSSR count). The molecule has 1 unspecified atom stereocenters. The lowest BCUT2D eigenvalue weighted by Gasteiger charge is -2.17. The van der Waals surface area contributed by atoms with Gasteiger partial charge in [-0.25, -0.2) is 0 Å². The van der Waals surface area contributed by atoms with Crippen LogP contribution in [-0.2, 0) is 4.79 Å². The van der Waals surface area contributed by atoms with Crippen molar-refractivity contribution in [2.45, 2.75) is 31.5 Å². The van der Waals surface area contributed by atoms with E-state index in [-0.39, 0.29) is 5.91 Å². The van der Waals surface area contributed by atoms with Gasteiger partial charge in [0.2, 0.25) is 5.91 Å². The van der Waals surface area contributed by atoms with Crippen molar-refractivity contribution in [3.8, 4) is 0 Å². The number of carbonyl (C=O) groups excluding carboxylic acids is 1. The highest BCUT2D eigenvalue weighted by Crippen LogP contribution is 2.19. The van der Waals surface area contributed by atoms with Crippen LogP contribution in [-0.4, -0.2) is 54.4 Å². The third kappa shape index (κ3) is 4.91. The van der Waals surface area contributed by atoms with E-state index in [1.54, 1.807) is 4.90 Å². The molecule has 17 heavy (non-hydrogen) atoms. The van der Waals surface area contributed by atoms with Gasteiger partial charge in [-0.05, 0) is 19.4 Å². The minimum absolute atomic E-state index is 0.111. The lowest BCUT2D eigenvalue weighted by molar-refractivity contribution is -0.201. The Morgan fingerprint density at radius 2 is 2.18 bits per heavy atom. The molecule has 0 aromatic carbocycles. The van der Waals surface area contributed by atoms with Crippen LogP contribution in [0.15, 0.2) is 0 Å². The molecule has 1 aliphatic heterocycles. The lowest BCUT2D eigenvalue weighted by Crippen LogP contribution is -2.39. The summed E-state index contributed by atoms with van der Waals surface area (Å²) in [5.41, 5.74) is 0. The molecule has 0 aliphatic carbocycles. The average Bonchev–Trinajstić information content (AvgIpc) is 2.62. The van der Waals surface area contributed by atoms with Crippen LogP contribution in [0, 0.1) is 0 Å². The summed E-state index contributed by atoms with van der Waals surface area (Å²) in [6.45, 7) is 1.16. The summed E-state index contributed by atoms with van der Waals surface area (Å²) in [6.07, 6.45) is -4.87. The molecule has 1 heterocycles. The van der Waals surface area contributed by atoms with E-state index in [0.29, 0.717) is 25.9 Å². The number of hydrogen-bond donors (Lipinski definition) is 2. The summed E-state index contributed by atoms with van der Waals surface area (Å²) in [5.74, 6) is 0.111. The minimum Gasteiger partial charge on any atom is -0.382 e. The Balaban J connectivity index is 2.03. The second kappa shape index (κ2) is 6.20. The van der Waals surface area contributed by atoms with Gasteiger partial charge in [0.1, 0.15) is 0 Å². The third-order valence-electron chi connectivity index (χ3n) is 2.67. The molecule has 1 amide bonds. The van der Waals surface area contributed by atoms with Crippen LogP contribution in [0.25, 0.3) is 0 Å². The summed E-state index contributed by atoms with van der Waals surface area (Å²) >= 11 is 0. The normalized spacial score (nSPS) is 18.8. The van der Waals surface area contributed by atoms with E-state index in [2.05, 4.69) is 5.32 Å². The molecule has 0 bridgehead atoms. The molecule has 0 spiro atoms. The number of alkyl halides is 3. The molecule has 1 saturated heterocycles. The number of halogens is 3. The van der Waals surface area contributed by atoms with E-state index in [4.69, 9.17) is 5.11 Å². The maximum atomic E-state index is 11.9. The van der Waals surface area contributed by atoms with E-state index in [0.717, 1.165) is 13.0 Å². The number of aliphatic hydroxyl groups is 1. The minimum atomic E-state index is -4.57. The van der Waals surface area contributed by atoms with Crippen molar-refractivity contribution in [1.82, 2.24) is 10.2 Å². The van der Waals surface area contributed by atoms with Crippen molar-refractivity contribution >= 4 is 5.91 Å². The maximum Gasteiger partial charge on any atom is 0.415 e. The Hall–Kier alpha value is -0.820. The SMILES string of the molecule is O=C1CCCN1CCCNCC(O)C(F)(F)F. The monoisotopic (exact) mass is 254 g/mol. The molecule has 0 saturated carbocycles. The fourth-order valence-corrected chi connectivity index (χ4v) is 1.69. The highest BCUT2D eigenvalue weighted by atomic mass is 19.4. The number of rotatable bonds is 6. The molecular weight excluding hydrogens is 237 g/mol. The highest BCUT2D eigenvalue weighted by molar-refractivity contribution is 5.77. The maximum absolute atomic E-state index is 11.9. The first-order chi connectivity index (χ1) is 7.91. The molecule has 1 atom stereocenters. The van der Waals surface area contributed by atoms with E-state index in [1.807, 2.05) is 0 Å². The van der Waals surface area contributed by atoms with Gasteiger partial charge < -0.3 is 15.3 Å². The fourth-order valence-electron chi connectivity index (χ4n) is 1.69. The molecule has 7 heteroatoms. The molecule has 0 aromatic heterocycles. The molecule has 2 N–H and O–H groups in total. The van der Waals surface area contributed by atoms with Gasteiger partial charge in [-0.1, -0.05) is 0 Å². The second-order valence-electron chi connectivity index (χ2n) is 4.10. The van der Waals surface area contributed by atoms with Crippen LogP contribution in [0.4, 0.5) is 13.2 Å². The van der Waals surface area contributed by atoms with Gasteiger partial charge in [-0.2, -0.15) is 13.2 Å². The number of nitrogens with one attached hydrogen (secondary N) is 1. The van der Waals surface area contributed by atoms with Crippen molar-refractivity contribution in [2.24, 2.45) is 0 Å². The van der Waals surface area contributed by atoms with Crippen molar-refractivity contribution in [3.63, 3.8) is 0 Å². The van der Waals surface area contributed by atoms with Crippen LogP contribution in [0.3, 0.4) is 0 Å². The van der Waals surface area contributed by atoms with E-state index in [9.17, 15) is 18.0 Å². The molecule has 0 aromatic rings. The van der Waals surface area contributed by atoms with E-state index >= 15 is 0 Å². The van der Waals surface area contributed by atoms with Gasteiger partial charge in [0.25, 0.3) is 0 Å². The number of likely N-dealkylation sites (tertiary alicyclic amines) is 1. The van der Waals surface area contributed by atoms with Gasteiger partial charge in [-0.15, -0.1) is 0 Å². The first-order valence-electron chi connectivity index (χ1n) is 5.64. The number of amides is 1. The highest BCUT2D eigenvalue weighted by Gasteiger charge is 2.37. The Kier molecular flexibility index (Phi) is 5.20. The first-order valence-corrected chi connectivity index (χ1v) is 5.64. The Labute approximate surface area is 97.8 Å². The number of carbonyl (C=O) groups is 1. The van der Waals surface area contributed by atoms with Gasteiger partial charge in [-0.3, -0.25) is 4.79 Å². The van der Waals surface area contributed by atoms with Crippen LogP contribution < -0.4 is 5.32 Å². The number of nitrogens with zero attached hydrogens (tertiary/aromatic N) is 1. The molecule has 4 nitrogen and oxygen atoms in total. The number of hydrogen-bond acceptors (Lipinski definition) is 3. The van der Waals surface area contributed by atoms with Gasteiger partial charge >= 0.3 is 6.18 Å². The number of aliphatic hydroxyl groups excluding tert-OH is 1. The zero-order valence-corrected chi connectivity index (χ0v) is 9.46. The van der Waals surface area contributed by atoms with E-state index < -0.39 is 18.8 Å². The Bertz CT molecular complexity index is 258. The summed E-state index contributed by atoms with van der Waals surface area (Å²) in [7, 11) is 0. The molecule has 100 valence electrons. The van der Waals surface area contributed by atoms with E-state index in [1.165, 1.54) is 0 Å². The fraction of sp³-hybridized carbons (Fsp3) is 0.900. The molecule has 0 radical (unpaired) electrons. The van der Waals surface area contributed by atoms with Gasteiger partial charge in [0.15, 0.2) is 6.10 Å². The molecule has 1 fully saturated rings. The second-order valence-corrected chi connectivity index (χ2v) is 4.10. The Morgan fingerprint density at radius 1 is 1.47 bits per heavy atom. The topological polar surface area (TPSA) is 52.6 Å². The largest absolute Gasteiger partial charge is 0.415 e. The molecular formula is C10H17F3N2O2. The third-order valence-corrected chi connectivity index (χ3v) is 2.67. The zero-order chi connectivity index (χ0) is 12.9.